The molecule has 0 aliphatic carbocycles. The first kappa shape index (κ1) is 13.3. The van der Waals surface area contributed by atoms with Gasteiger partial charge in [0.1, 0.15) is 5.75 Å². The third kappa shape index (κ3) is 4.23. The maximum atomic E-state index is 11.8. The molecule has 0 aliphatic rings. The van der Waals surface area contributed by atoms with E-state index in [4.69, 9.17) is 0 Å². The summed E-state index contributed by atoms with van der Waals surface area (Å²) in [5.74, 6) is 0.110. The molecule has 0 saturated heterocycles. The van der Waals surface area contributed by atoms with Crippen LogP contribution in [0.3, 0.4) is 0 Å². The largest absolute Gasteiger partial charge is 0.508 e. The zero-order valence-corrected chi connectivity index (χ0v) is 10.7. The van der Waals surface area contributed by atoms with Gasteiger partial charge in [-0.1, -0.05) is 42.5 Å². The molecule has 0 bridgehead atoms. The lowest BCUT2D eigenvalue weighted by Gasteiger charge is -2.05. The van der Waals surface area contributed by atoms with Crippen LogP contribution in [-0.4, -0.2) is 24.0 Å². The van der Waals surface area contributed by atoms with Gasteiger partial charge >= 0.3 is 0 Å². The number of hydrogen-bond acceptors (Lipinski definition) is 3. The highest BCUT2D eigenvalue weighted by Gasteiger charge is 2.05. The number of hydrogen-bond donors (Lipinski definition) is 2. The van der Waals surface area contributed by atoms with Gasteiger partial charge in [-0.05, 0) is 30.7 Å². The molecular weight excluding hydrogens is 238 g/mol. The molecule has 0 radical (unpaired) electrons. The molecule has 19 heavy (non-hydrogen) atoms. The lowest BCUT2D eigenvalue weighted by Crippen LogP contribution is -2.25. The second-order valence-corrected chi connectivity index (χ2v) is 4.39. The Morgan fingerprint density at radius 3 is 2.58 bits per heavy atom. The number of carbonyl (C=O) groups is 1. The van der Waals surface area contributed by atoms with Crippen molar-refractivity contribution in [3.8, 4) is 5.75 Å². The number of nitrogens with one attached hydrogen (secondary N) is 1. The fraction of sp³-hybridized carbons (Fsp3) is 0.188. The van der Waals surface area contributed by atoms with Crippen LogP contribution >= 0.6 is 0 Å². The molecule has 2 aromatic carbocycles. The maximum absolute atomic E-state index is 11.8. The number of Topliss-reactive ketones (excluding diaryl/α,β-unsaturated/α-hetero) is 1. The molecule has 0 atom stereocenters. The Bertz CT molecular complexity index is 537. The highest BCUT2D eigenvalue weighted by atomic mass is 16.3. The topological polar surface area (TPSA) is 49.3 Å². The molecule has 0 aromatic heterocycles. The summed E-state index contributed by atoms with van der Waals surface area (Å²) in [6.45, 7) is 1.05. The minimum Gasteiger partial charge on any atom is -0.508 e. The Labute approximate surface area is 112 Å². The SMILES string of the molecule is O=C(CNCCc1ccccc1)c1cccc(O)c1. The molecule has 2 aromatic rings. The fourth-order valence-corrected chi connectivity index (χ4v) is 1.86. The molecule has 98 valence electrons. The van der Waals surface area contributed by atoms with Gasteiger partial charge in [0.15, 0.2) is 5.78 Å². The predicted molar refractivity (Wildman–Crippen MR) is 75.5 cm³/mol. The Morgan fingerprint density at radius 1 is 1.05 bits per heavy atom. The van der Waals surface area contributed by atoms with Crippen LogP contribution in [0, 0.1) is 0 Å². The van der Waals surface area contributed by atoms with Crippen molar-refractivity contribution >= 4 is 5.78 Å². The van der Waals surface area contributed by atoms with Crippen molar-refractivity contribution in [2.75, 3.05) is 13.1 Å². The number of aromatic hydroxyl groups is 1. The fourth-order valence-electron chi connectivity index (χ4n) is 1.86. The lowest BCUT2D eigenvalue weighted by atomic mass is 10.1. The molecule has 3 nitrogen and oxygen atoms in total. The molecule has 2 N–H and O–H groups in total. The highest BCUT2D eigenvalue weighted by molar-refractivity contribution is 5.97. The van der Waals surface area contributed by atoms with Gasteiger partial charge < -0.3 is 10.4 Å². The third-order valence-electron chi connectivity index (χ3n) is 2.89. The Kier molecular flexibility index (Phi) is 4.70. The van der Waals surface area contributed by atoms with Gasteiger partial charge in [-0.2, -0.15) is 0 Å². The van der Waals surface area contributed by atoms with E-state index in [9.17, 15) is 9.90 Å². The van der Waals surface area contributed by atoms with Crippen LogP contribution in [0.2, 0.25) is 0 Å². The van der Waals surface area contributed by atoms with Crippen molar-refractivity contribution in [1.29, 1.82) is 0 Å². The lowest BCUT2D eigenvalue weighted by molar-refractivity contribution is 0.0991. The van der Waals surface area contributed by atoms with Crippen molar-refractivity contribution in [3.05, 3.63) is 65.7 Å². The van der Waals surface area contributed by atoms with Gasteiger partial charge in [-0.25, -0.2) is 0 Å². The van der Waals surface area contributed by atoms with Crippen LogP contribution in [0.5, 0.6) is 5.75 Å². The molecule has 0 unspecified atom stereocenters. The number of benzene rings is 2. The van der Waals surface area contributed by atoms with E-state index in [2.05, 4.69) is 17.4 Å². The number of phenolic OH excluding ortho intramolecular Hbond substituents is 1. The average Bonchev–Trinajstić information content (AvgIpc) is 2.44. The molecule has 0 aliphatic heterocycles. The molecule has 0 saturated carbocycles. The van der Waals surface area contributed by atoms with E-state index in [1.54, 1.807) is 18.2 Å². The maximum Gasteiger partial charge on any atom is 0.176 e. The van der Waals surface area contributed by atoms with Crippen molar-refractivity contribution in [2.24, 2.45) is 0 Å². The number of carbonyl (C=O) groups excluding carboxylic acids is 1. The van der Waals surface area contributed by atoms with Crippen molar-refractivity contribution in [1.82, 2.24) is 5.32 Å². The van der Waals surface area contributed by atoms with E-state index in [0.717, 1.165) is 13.0 Å². The van der Waals surface area contributed by atoms with E-state index in [1.807, 2.05) is 18.2 Å². The van der Waals surface area contributed by atoms with E-state index < -0.39 is 0 Å². The molecule has 2 rings (SSSR count). The summed E-state index contributed by atoms with van der Waals surface area (Å²) >= 11 is 0. The Balaban J connectivity index is 1.75. The first-order chi connectivity index (χ1) is 9.25. The third-order valence-corrected chi connectivity index (χ3v) is 2.89. The quantitative estimate of drug-likeness (QED) is 0.615. The van der Waals surface area contributed by atoms with E-state index in [0.29, 0.717) is 5.56 Å². The predicted octanol–water partition coefficient (Wildman–Crippen LogP) is 2.41. The molecule has 3 heteroatoms. The van der Waals surface area contributed by atoms with Gasteiger partial charge in [0, 0.05) is 5.56 Å². The zero-order chi connectivity index (χ0) is 13.5. The normalized spacial score (nSPS) is 10.3. The minimum absolute atomic E-state index is 0.0102. The second-order valence-electron chi connectivity index (χ2n) is 4.39. The van der Waals surface area contributed by atoms with Crippen LogP contribution in [-0.2, 0) is 6.42 Å². The Morgan fingerprint density at radius 2 is 1.84 bits per heavy atom. The van der Waals surface area contributed by atoms with E-state index in [1.165, 1.54) is 11.6 Å². The summed E-state index contributed by atoms with van der Waals surface area (Å²) in [6, 6.07) is 16.6. The summed E-state index contributed by atoms with van der Waals surface area (Å²) < 4.78 is 0. The highest BCUT2D eigenvalue weighted by Crippen LogP contribution is 2.10. The summed E-state index contributed by atoms with van der Waals surface area (Å²) in [7, 11) is 0. The first-order valence-corrected chi connectivity index (χ1v) is 6.32. The van der Waals surface area contributed by atoms with E-state index >= 15 is 0 Å². The Hall–Kier alpha value is -2.13. The standard InChI is InChI=1S/C16H17NO2/c18-15-8-4-7-14(11-15)16(19)12-17-10-9-13-5-2-1-3-6-13/h1-8,11,17-18H,9-10,12H2. The van der Waals surface area contributed by atoms with Crippen LogP contribution in [0.25, 0.3) is 0 Å². The molecule has 0 spiro atoms. The van der Waals surface area contributed by atoms with Crippen LogP contribution in [0.4, 0.5) is 0 Å². The van der Waals surface area contributed by atoms with Gasteiger partial charge in [-0.15, -0.1) is 0 Å². The van der Waals surface area contributed by atoms with Crippen molar-refractivity contribution in [2.45, 2.75) is 6.42 Å². The van der Waals surface area contributed by atoms with Crippen LogP contribution < -0.4 is 5.32 Å². The van der Waals surface area contributed by atoms with Crippen molar-refractivity contribution < 1.29 is 9.90 Å². The van der Waals surface area contributed by atoms with Gasteiger partial charge in [0.25, 0.3) is 0 Å². The number of phenols is 1. The number of rotatable bonds is 6. The van der Waals surface area contributed by atoms with Crippen LogP contribution in [0.1, 0.15) is 15.9 Å². The van der Waals surface area contributed by atoms with Gasteiger partial charge in [0.2, 0.25) is 0 Å². The molecular formula is C16H17NO2. The minimum atomic E-state index is -0.0102. The van der Waals surface area contributed by atoms with Crippen LogP contribution in [0.15, 0.2) is 54.6 Å². The zero-order valence-electron chi connectivity index (χ0n) is 10.7. The first-order valence-electron chi connectivity index (χ1n) is 6.32. The van der Waals surface area contributed by atoms with Gasteiger partial charge in [-0.3, -0.25) is 4.79 Å². The van der Waals surface area contributed by atoms with Gasteiger partial charge in [0.05, 0.1) is 6.54 Å². The molecule has 0 amide bonds. The summed E-state index contributed by atoms with van der Waals surface area (Å²) in [4.78, 5) is 11.8. The smallest absolute Gasteiger partial charge is 0.176 e. The summed E-state index contributed by atoms with van der Waals surface area (Å²) in [5, 5.41) is 12.4. The van der Waals surface area contributed by atoms with E-state index in [-0.39, 0.29) is 18.1 Å². The summed E-state index contributed by atoms with van der Waals surface area (Å²) in [5.41, 5.74) is 1.78. The van der Waals surface area contributed by atoms with Crippen molar-refractivity contribution in [3.63, 3.8) is 0 Å². The average molecular weight is 255 g/mol. The molecule has 0 heterocycles. The molecule has 0 fully saturated rings. The monoisotopic (exact) mass is 255 g/mol. The number of ketones is 1. The summed E-state index contributed by atoms with van der Waals surface area (Å²) in [6.07, 6.45) is 0.897. The second kappa shape index (κ2) is 6.71.